The number of carbonyl (C=O) groups excluding carboxylic acids is 2. The minimum atomic E-state index is -0.846. The first-order valence-corrected chi connectivity index (χ1v) is 12.3. The number of ketones is 1. The smallest absolute Gasteiger partial charge is 0.295 e. The number of likely N-dealkylation sites (tertiary alicyclic amines) is 1. The largest absolute Gasteiger partial charge is 0.507 e. The Bertz CT molecular complexity index is 1290. The summed E-state index contributed by atoms with van der Waals surface area (Å²) in [6.45, 7) is 7.13. The van der Waals surface area contributed by atoms with Gasteiger partial charge in [0.05, 0.1) is 31.4 Å². The van der Waals surface area contributed by atoms with Crippen molar-refractivity contribution in [3.8, 4) is 17.2 Å². The summed E-state index contributed by atoms with van der Waals surface area (Å²) in [5.41, 5.74) is 1.78. The van der Waals surface area contributed by atoms with E-state index in [2.05, 4.69) is 4.98 Å². The average molecular weight is 503 g/mol. The first kappa shape index (κ1) is 25.8. The van der Waals surface area contributed by atoms with Crippen molar-refractivity contribution < 1.29 is 28.9 Å². The Hall–Kier alpha value is -4.33. The third-order valence-corrected chi connectivity index (χ3v) is 5.94. The van der Waals surface area contributed by atoms with Crippen LogP contribution in [-0.4, -0.2) is 46.5 Å². The lowest BCUT2D eigenvalue weighted by Crippen LogP contribution is -2.29. The Morgan fingerprint density at radius 3 is 2.27 bits per heavy atom. The van der Waals surface area contributed by atoms with Gasteiger partial charge >= 0.3 is 0 Å². The topological polar surface area (TPSA) is 98.2 Å². The van der Waals surface area contributed by atoms with E-state index in [-0.39, 0.29) is 17.9 Å². The zero-order chi connectivity index (χ0) is 26.4. The van der Waals surface area contributed by atoms with Gasteiger partial charge in [0.1, 0.15) is 11.5 Å². The molecule has 2 aromatic carbocycles. The van der Waals surface area contributed by atoms with E-state index in [1.54, 1.807) is 60.9 Å². The maximum atomic E-state index is 13.3. The van der Waals surface area contributed by atoms with Crippen molar-refractivity contribution in [2.75, 3.05) is 19.8 Å². The normalized spacial score (nSPS) is 16.6. The number of aliphatic hydroxyl groups excluding tert-OH is 1. The molecule has 0 bridgehead atoms. The summed E-state index contributed by atoms with van der Waals surface area (Å²) < 4.78 is 17.0. The van der Waals surface area contributed by atoms with Crippen LogP contribution in [0.1, 0.15) is 43.5 Å². The molecule has 37 heavy (non-hydrogen) atoms. The molecule has 8 heteroatoms. The number of hydrogen-bond acceptors (Lipinski definition) is 7. The molecule has 1 saturated heterocycles. The van der Waals surface area contributed by atoms with Gasteiger partial charge in [-0.05, 0) is 74.4 Å². The molecule has 0 saturated carbocycles. The first-order chi connectivity index (χ1) is 18.0. The number of pyridine rings is 1. The third-order valence-electron chi connectivity index (χ3n) is 5.94. The molecule has 1 aromatic heterocycles. The maximum Gasteiger partial charge on any atom is 0.295 e. The van der Waals surface area contributed by atoms with Crippen LogP contribution in [0.3, 0.4) is 0 Å². The standard InChI is InChI=1S/C29H30N2O6/c1-4-35-22-12-9-20(10-13-22)27(32)25-26(21-11-14-23(36-5-2)24(16-21)37-6-3)31(29(34)28(25)33)18-19-8-7-15-30-17-19/h7-17,26,32H,4-6,18H2,1-3H3/b27-25+. The fraction of sp³-hybridized carbons (Fsp3) is 0.276. The quantitative estimate of drug-likeness (QED) is 0.239. The Balaban J connectivity index is 1.85. The molecule has 0 radical (unpaired) electrons. The maximum absolute atomic E-state index is 13.3. The zero-order valence-corrected chi connectivity index (χ0v) is 21.1. The Labute approximate surface area is 216 Å². The van der Waals surface area contributed by atoms with Crippen molar-refractivity contribution in [2.45, 2.75) is 33.4 Å². The van der Waals surface area contributed by atoms with Gasteiger partial charge < -0.3 is 24.2 Å². The van der Waals surface area contributed by atoms with E-state index in [0.29, 0.717) is 48.2 Å². The SMILES string of the molecule is CCOc1ccc(/C(O)=C2\C(=O)C(=O)N(Cc3cccnc3)C2c2ccc(OCC)c(OCC)c2)cc1. The monoisotopic (exact) mass is 502 g/mol. The number of ether oxygens (including phenoxy) is 3. The molecule has 1 atom stereocenters. The Morgan fingerprint density at radius 2 is 1.62 bits per heavy atom. The minimum absolute atomic E-state index is 0.00431. The molecule has 1 N–H and O–H groups in total. The second-order valence-electron chi connectivity index (χ2n) is 8.32. The van der Waals surface area contributed by atoms with Crippen molar-refractivity contribution in [1.29, 1.82) is 0 Å². The van der Waals surface area contributed by atoms with Gasteiger partial charge in [-0.1, -0.05) is 12.1 Å². The van der Waals surface area contributed by atoms with Crippen LogP contribution in [0.15, 0.2) is 72.6 Å². The Morgan fingerprint density at radius 1 is 0.919 bits per heavy atom. The van der Waals surface area contributed by atoms with Crippen molar-refractivity contribution in [3.63, 3.8) is 0 Å². The number of aliphatic hydroxyl groups is 1. The Kier molecular flexibility index (Phi) is 8.08. The molecule has 3 aromatic rings. The van der Waals surface area contributed by atoms with Gasteiger partial charge in [0.25, 0.3) is 11.7 Å². The van der Waals surface area contributed by atoms with Crippen LogP contribution in [0.5, 0.6) is 17.2 Å². The second kappa shape index (κ2) is 11.6. The van der Waals surface area contributed by atoms with Crippen molar-refractivity contribution in [1.82, 2.24) is 9.88 Å². The number of rotatable bonds is 10. The lowest BCUT2D eigenvalue weighted by Gasteiger charge is -2.26. The summed E-state index contributed by atoms with van der Waals surface area (Å²) in [5.74, 6) is -0.0218. The van der Waals surface area contributed by atoms with E-state index in [1.165, 1.54) is 4.90 Å². The summed E-state index contributed by atoms with van der Waals surface area (Å²) in [4.78, 5) is 32.2. The third kappa shape index (κ3) is 5.43. The van der Waals surface area contributed by atoms with Crippen LogP contribution >= 0.6 is 0 Å². The van der Waals surface area contributed by atoms with Gasteiger partial charge in [-0.2, -0.15) is 0 Å². The summed E-state index contributed by atoms with van der Waals surface area (Å²) in [7, 11) is 0. The van der Waals surface area contributed by atoms with Gasteiger partial charge in [0, 0.05) is 24.5 Å². The molecule has 2 heterocycles. The highest BCUT2D eigenvalue weighted by molar-refractivity contribution is 6.46. The van der Waals surface area contributed by atoms with Crippen molar-refractivity contribution in [2.24, 2.45) is 0 Å². The van der Waals surface area contributed by atoms with E-state index < -0.39 is 17.7 Å². The number of carbonyl (C=O) groups is 2. The average Bonchev–Trinajstić information content (AvgIpc) is 3.16. The molecule has 1 unspecified atom stereocenters. The van der Waals surface area contributed by atoms with Crippen molar-refractivity contribution in [3.05, 3.63) is 89.3 Å². The highest BCUT2D eigenvalue weighted by atomic mass is 16.5. The van der Waals surface area contributed by atoms with Crippen LogP contribution in [0.4, 0.5) is 0 Å². The molecule has 0 spiro atoms. The number of hydrogen-bond donors (Lipinski definition) is 1. The molecule has 1 aliphatic heterocycles. The fourth-order valence-corrected chi connectivity index (χ4v) is 4.35. The number of benzene rings is 2. The van der Waals surface area contributed by atoms with E-state index >= 15 is 0 Å². The summed E-state index contributed by atoms with van der Waals surface area (Å²) >= 11 is 0. The lowest BCUT2D eigenvalue weighted by molar-refractivity contribution is -0.140. The molecule has 0 aliphatic carbocycles. The zero-order valence-electron chi connectivity index (χ0n) is 21.1. The van der Waals surface area contributed by atoms with Crippen LogP contribution in [0.25, 0.3) is 5.76 Å². The van der Waals surface area contributed by atoms with Gasteiger partial charge in [0.15, 0.2) is 11.5 Å². The van der Waals surface area contributed by atoms with Gasteiger partial charge in [0.2, 0.25) is 0 Å². The number of nitrogens with zero attached hydrogens (tertiary/aromatic N) is 2. The van der Waals surface area contributed by atoms with E-state index in [4.69, 9.17) is 14.2 Å². The number of aromatic nitrogens is 1. The molecular formula is C29H30N2O6. The first-order valence-electron chi connectivity index (χ1n) is 12.3. The molecule has 8 nitrogen and oxygen atoms in total. The van der Waals surface area contributed by atoms with E-state index in [9.17, 15) is 14.7 Å². The summed E-state index contributed by atoms with van der Waals surface area (Å²) in [5, 5.41) is 11.3. The molecular weight excluding hydrogens is 472 g/mol. The van der Waals surface area contributed by atoms with Gasteiger partial charge in [-0.25, -0.2) is 0 Å². The van der Waals surface area contributed by atoms with Gasteiger partial charge in [-0.15, -0.1) is 0 Å². The van der Waals surface area contributed by atoms with Crippen LogP contribution in [-0.2, 0) is 16.1 Å². The predicted octanol–water partition coefficient (Wildman–Crippen LogP) is 4.90. The van der Waals surface area contributed by atoms with Crippen LogP contribution < -0.4 is 14.2 Å². The fourth-order valence-electron chi connectivity index (χ4n) is 4.35. The highest BCUT2D eigenvalue weighted by Gasteiger charge is 2.46. The van der Waals surface area contributed by atoms with Crippen LogP contribution in [0.2, 0.25) is 0 Å². The van der Waals surface area contributed by atoms with E-state index in [1.807, 2.05) is 26.8 Å². The number of amides is 1. The predicted molar refractivity (Wildman–Crippen MR) is 138 cm³/mol. The van der Waals surface area contributed by atoms with Gasteiger partial charge in [-0.3, -0.25) is 14.6 Å². The number of Topliss-reactive ketones (excluding diaryl/α,β-unsaturated/α-hetero) is 1. The highest BCUT2D eigenvalue weighted by Crippen LogP contribution is 2.42. The lowest BCUT2D eigenvalue weighted by atomic mass is 9.94. The molecule has 192 valence electrons. The van der Waals surface area contributed by atoms with E-state index in [0.717, 1.165) is 5.56 Å². The van der Waals surface area contributed by atoms with Crippen molar-refractivity contribution >= 4 is 17.4 Å². The molecule has 4 rings (SSSR count). The summed E-state index contributed by atoms with van der Waals surface area (Å²) in [6.07, 6.45) is 3.29. The molecule has 1 aliphatic rings. The minimum Gasteiger partial charge on any atom is -0.507 e. The molecule has 1 amide bonds. The second-order valence-corrected chi connectivity index (χ2v) is 8.32. The van der Waals surface area contributed by atoms with Crippen LogP contribution in [0, 0.1) is 0 Å². The molecule has 1 fully saturated rings. The summed E-state index contributed by atoms with van der Waals surface area (Å²) in [6, 6.07) is 14.8.